The maximum atomic E-state index is 12.9. The summed E-state index contributed by atoms with van der Waals surface area (Å²) in [5.41, 5.74) is 1.78. The van der Waals surface area contributed by atoms with Crippen molar-refractivity contribution in [2.24, 2.45) is 5.92 Å². The van der Waals surface area contributed by atoms with Gasteiger partial charge in [0.1, 0.15) is 12.3 Å². The van der Waals surface area contributed by atoms with Crippen LogP contribution in [0.3, 0.4) is 0 Å². The van der Waals surface area contributed by atoms with Crippen molar-refractivity contribution >= 4 is 46.6 Å². The zero-order valence-corrected chi connectivity index (χ0v) is 19.7. The molecule has 34 heavy (non-hydrogen) atoms. The summed E-state index contributed by atoms with van der Waals surface area (Å²) in [7, 11) is 0. The van der Waals surface area contributed by atoms with Gasteiger partial charge < -0.3 is 14.8 Å². The van der Waals surface area contributed by atoms with Gasteiger partial charge in [0.25, 0.3) is 0 Å². The van der Waals surface area contributed by atoms with Gasteiger partial charge in [0.2, 0.25) is 5.91 Å². The molecule has 0 fully saturated rings. The molecule has 0 spiro atoms. The van der Waals surface area contributed by atoms with Gasteiger partial charge in [0.15, 0.2) is 0 Å². The second kappa shape index (κ2) is 9.11. The van der Waals surface area contributed by atoms with E-state index in [0.29, 0.717) is 27.8 Å². The molecule has 3 heterocycles. The summed E-state index contributed by atoms with van der Waals surface area (Å²) in [6.45, 7) is 1.86. The first-order valence-electron chi connectivity index (χ1n) is 10.7. The highest BCUT2D eigenvalue weighted by Crippen LogP contribution is 2.50. The molecular formula is C24H20N2O6S2. The Labute approximate surface area is 202 Å². The van der Waals surface area contributed by atoms with Gasteiger partial charge in [-0.05, 0) is 37.3 Å². The summed E-state index contributed by atoms with van der Waals surface area (Å²) in [5, 5.41) is 3.48. The van der Waals surface area contributed by atoms with Crippen LogP contribution in [0.4, 0.5) is 5.69 Å². The second-order valence-electron chi connectivity index (χ2n) is 7.82. The number of hydrogen-bond acceptors (Lipinski definition) is 8. The summed E-state index contributed by atoms with van der Waals surface area (Å²) in [5.74, 6) is -0.728. The molecule has 1 amide bonds. The number of benzene rings is 2. The van der Waals surface area contributed by atoms with E-state index in [9.17, 15) is 19.2 Å². The van der Waals surface area contributed by atoms with E-state index in [2.05, 4.69) is 5.32 Å². The van der Waals surface area contributed by atoms with E-state index in [1.54, 1.807) is 37.3 Å². The Kier molecular flexibility index (Phi) is 6.01. The molecule has 174 valence electrons. The Morgan fingerprint density at radius 1 is 1.15 bits per heavy atom. The predicted molar refractivity (Wildman–Crippen MR) is 128 cm³/mol. The molecule has 1 aromatic heterocycles. The van der Waals surface area contributed by atoms with Gasteiger partial charge in [0, 0.05) is 27.8 Å². The molecule has 0 saturated heterocycles. The van der Waals surface area contributed by atoms with Gasteiger partial charge in [-0.3, -0.25) is 19.0 Å². The topological polar surface area (TPSA) is 104 Å². The van der Waals surface area contributed by atoms with Crippen LogP contribution in [0.1, 0.15) is 33.6 Å². The van der Waals surface area contributed by atoms with Crippen LogP contribution in [0.2, 0.25) is 0 Å². The quantitative estimate of drug-likeness (QED) is 0.426. The first kappa shape index (κ1) is 22.4. The highest BCUT2D eigenvalue weighted by molar-refractivity contribution is 7.99. The van der Waals surface area contributed by atoms with Gasteiger partial charge in [-0.15, -0.1) is 11.8 Å². The van der Waals surface area contributed by atoms with Crippen LogP contribution in [0.5, 0.6) is 5.75 Å². The maximum absolute atomic E-state index is 12.9. The number of esters is 2. The van der Waals surface area contributed by atoms with E-state index in [1.165, 1.54) is 16.3 Å². The highest BCUT2D eigenvalue weighted by atomic mass is 32.2. The number of thioether (sulfide) groups is 1. The van der Waals surface area contributed by atoms with E-state index >= 15 is 0 Å². The van der Waals surface area contributed by atoms with Crippen LogP contribution < -0.4 is 14.9 Å². The lowest BCUT2D eigenvalue weighted by atomic mass is 9.83. The first-order chi connectivity index (χ1) is 16.5. The van der Waals surface area contributed by atoms with Crippen LogP contribution in [0, 0.1) is 5.92 Å². The molecule has 1 N–H and O–H groups in total. The van der Waals surface area contributed by atoms with E-state index in [1.807, 2.05) is 18.2 Å². The van der Waals surface area contributed by atoms with E-state index in [-0.39, 0.29) is 41.7 Å². The summed E-state index contributed by atoms with van der Waals surface area (Å²) >= 11 is 2.47. The van der Waals surface area contributed by atoms with E-state index < -0.39 is 5.97 Å². The molecule has 0 aliphatic carbocycles. The van der Waals surface area contributed by atoms with Gasteiger partial charge >= 0.3 is 16.8 Å². The molecule has 8 nitrogen and oxygen atoms in total. The number of carbonyl (C=O) groups is 3. The molecule has 2 aromatic carbocycles. The summed E-state index contributed by atoms with van der Waals surface area (Å²) in [4.78, 5) is 50.5. The summed E-state index contributed by atoms with van der Waals surface area (Å²) in [6, 6.07) is 13.7. The minimum atomic E-state index is -0.430. The van der Waals surface area contributed by atoms with Crippen molar-refractivity contribution < 1.29 is 23.9 Å². The number of amides is 1. The third kappa shape index (κ3) is 4.03. The van der Waals surface area contributed by atoms with Crippen LogP contribution in [0.15, 0.2) is 58.4 Å². The maximum Gasteiger partial charge on any atom is 0.338 e. The number of ether oxygens (including phenoxy) is 2. The Morgan fingerprint density at radius 3 is 2.68 bits per heavy atom. The third-order valence-corrected chi connectivity index (χ3v) is 8.14. The van der Waals surface area contributed by atoms with Crippen LogP contribution in [-0.4, -0.2) is 34.8 Å². The molecule has 0 bridgehead atoms. The smallest absolute Gasteiger partial charge is 0.338 e. The van der Waals surface area contributed by atoms with Gasteiger partial charge in [0.05, 0.1) is 23.1 Å². The van der Waals surface area contributed by atoms with Crippen molar-refractivity contribution in [3.63, 3.8) is 0 Å². The lowest BCUT2D eigenvalue weighted by Crippen LogP contribution is -2.36. The van der Waals surface area contributed by atoms with Crippen molar-refractivity contribution in [3.05, 3.63) is 74.2 Å². The lowest BCUT2D eigenvalue weighted by molar-refractivity contribution is -0.140. The number of fused-ring (bicyclic) bond motifs is 5. The largest absolute Gasteiger partial charge is 0.462 e. The Bertz CT molecular complexity index is 1340. The number of para-hydroxylation sites is 1. The van der Waals surface area contributed by atoms with Crippen molar-refractivity contribution in [3.8, 4) is 5.75 Å². The minimum absolute atomic E-state index is 0.152. The highest BCUT2D eigenvalue weighted by Gasteiger charge is 2.44. The number of hydrogen-bond donors (Lipinski definition) is 1. The van der Waals surface area contributed by atoms with Crippen molar-refractivity contribution in [2.45, 2.75) is 24.4 Å². The fraction of sp³-hybridized carbons (Fsp3) is 0.250. The number of carbonyl (C=O) groups excluding carboxylic acids is 3. The van der Waals surface area contributed by atoms with Gasteiger partial charge in [-0.1, -0.05) is 29.5 Å². The first-order valence-corrected chi connectivity index (χ1v) is 12.5. The SMILES string of the molecule is CCOC(=O)c1ccc(NC(=O)Cn2c3c(sc2=O)C2c4ccccc4OC(=O)C2CS3)cc1. The molecule has 5 rings (SSSR count). The average Bonchev–Trinajstić information content (AvgIpc) is 3.14. The van der Waals surface area contributed by atoms with Gasteiger partial charge in [-0.25, -0.2) is 4.79 Å². The molecule has 2 unspecified atom stereocenters. The minimum Gasteiger partial charge on any atom is -0.462 e. The van der Waals surface area contributed by atoms with Gasteiger partial charge in [-0.2, -0.15) is 0 Å². The fourth-order valence-electron chi connectivity index (χ4n) is 4.16. The standard InChI is InChI=1S/C24H20N2O6S2/c1-2-31-22(28)13-7-9-14(10-8-13)25-18(27)11-26-21-20(34-24(26)30)19-15-5-3-4-6-17(15)32-23(29)16(19)12-33-21/h3-10,16,19H,2,11-12H2,1H3,(H,25,27). The molecular weight excluding hydrogens is 476 g/mol. The van der Waals surface area contributed by atoms with Crippen molar-refractivity contribution in [2.75, 3.05) is 17.7 Å². The molecule has 0 saturated carbocycles. The number of aromatic nitrogens is 1. The molecule has 2 aliphatic rings. The molecule has 2 aliphatic heterocycles. The number of nitrogens with zero attached hydrogens (tertiary/aromatic N) is 1. The van der Waals surface area contributed by atoms with Crippen molar-refractivity contribution in [1.29, 1.82) is 0 Å². The second-order valence-corrected chi connectivity index (χ2v) is 9.83. The monoisotopic (exact) mass is 496 g/mol. The normalized spacial score (nSPS) is 18.2. The fourth-order valence-corrected chi connectivity index (χ4v) is 6.83. The van der Waals surface area contributed by atoms with E-state index in [4.69, 9.17) is 9.47 Å². The zero-order valence-electron chi connectivity index (χ0n) is 18.1. The number of nitrogens with one attached hydrogen (secondary N) is 1. The van der Waals surface area contributed by atoms with Crippen LogP contribution in [0.25, 0.3) is 0 Å². The molecule has 10 heteroatoms. The Morgan fingerprint density at radius 2 is 1.91 bits per heavy atom. The van der Waals surface area contributed by atoms with Crippen LogP contribution in [-0.2, 0) is 20.9 Å². The number of rotatable bonds is 5. The molecule has 0 radical (unpaired) electrons. The summed E-state index contributed by atoms with van der Waals surface area (Å²) < 4.78 is 11.9. The third-order valence-electron chi connectivity index (χ3n) is 5.71. The Balaban J connectivity index is 1.37. The lowest BCUT2D eigenvalue weighted by Gasteiger charge is -2.34. The predicted octanol–water partition coefficient (Wildman–Crippen LogP) is 3.50. The average molecular weight is 497 g/mol. The number of thiazole rings is 1. The van der Waals surface area contributed by atoms with Crippen LogP contribution >= 0.6 is 23.1 Å². The zero-order chi connectivity index (χ0) is 23.8. The number of anilines is 1. The molecule has 2 atom stereocenters. The van der Waals surface area contributed by atoms with Crippen molar-refractivity contribution in [1.82, 2.24) is 4.57 Å². The summed E-state index contributed by atoms with van der Waals surface area (Å²) in [6.07, 6.45) is 0. The Hall–Kier alpha value is -3.37. The van der Waals surface area contributed by atoms with E-state index in [0.717, 1.165) is 21.8 Å². The molecule has 3 aromatic rings.